The van der Waals surface area contributed by atoms with Crippen molar-refractivity contribution in [2.24, 2.45) is 5.92 Å². The van der Waals surface area contributed by atoms with Crippen molar-refractivity contribution in [3.63, 3.8) is 0 Å². The summed E-state index contributed by atoms with van der Waals surface area (Å²) in [6.07, 6.45) is 3.61. The Bertz CT molecular complexity index is 752. The van der Waals surface area contributed by atoms with Crippen LogP contribution in [-0.2, 0) is 14.8 Å². The Morgan fingerprint density at radius 2 is 2.00 bits per heavy atom. The van der Waals surface area contributed by atoms with Crippen LogP contribution in [-0.4, -0.2) is 51.9 Å². The first-order valence-electron chi connectivity index (χ1n) is 8.62. The zero-order chi connectivity index (χ0) is 18.0. The standard InChI is InChI=1S/C17H25N3O4S.ClH/c1-18-14-4-3-9-20(11-14)25(22,23)16-8-7-13(10-15(16)24-2)19-17(21)12-5-6-12;/h7-8,10,12,14,18H,3-6,9,11H2,1-2H3,(H,19,21);1H. The first-order chi connectivity index (χ1) is 12.0. The summed E-state index contributed by atoms with van der Waals surface area (Å²) in [5, 5.41) is 5.96. The van der Waals surface area contributed by atoms with Crippen molar-refractivity contribution in [1.29, 1.82) is 0 Å². The van der Waals surface area contributed by atoms with Crippen molar-refractivity contribution in [2.45, 2.75) is 36.6 Å². The van der Waals surface area contributed by atoms with Gasteiger partial charge in [0.25, 0.3) is 0 Å². The minimum absolute atomic E-state index is 0. The molecule has 0 radical (unpaired) electrons. The molecule has 1 amide bonds. The monoisotopic (exact) mass is 403 g/mol. The number of ether oxygens (including phenoxy) is 1. The summed E-state index contributed by atoms with van der Waals surface area (Å²) in [5.41, 5.74) is 0.555. The molecule has 3 rings (SSSR count). The van der Waals surface area contributed by atoms with Gasteiger partial charge in [-0.3, -0.25) is 4.79 Å². The summed E-state index contributed by atoms with van der Waals surface area (Å²) in [5.74, 6) is 0.312. The number of likely N-dealkylation sites (N-methyl/N-ethyl adjacent to an activating group) is 1. The number of hydrogen-bond acceptors (Lipinski definition) is 5. The van der Waals surface area contributed by atoms with Gasteiger partial charge in [-0.25, -0.2) is 8.42 Å². The van der Waals surface area contributed by atoms with Gasteiger partial charge in [0.15, 0.2) is 0 Å². The third-order valence-electron chi connectivity index (χ3n) is 4.79. The highest BCUT2D eigenvalue weighted by Gasteiger charge is 2.33. The Labute approximate surface area is 160 Å². The normalized spacial score (nSPS) is 20.9. The maximum absolute atomic E-state index is 13.0. The molecule has 1 aliphatic heterocycles. The van der Waals surface area contributed by atoms with Crippen LogP contribution in [0, 0.1) is 5.92 Å². The number of benzene rings is 1. The zero-order valence-corrected chi connectivity index (χ0v) is 16.7. The molecule has 1 saturated heterocycles. The minimum Gasteiger partial charge on any atom is -0.495 e. The third-order valence-corrected chi connectivity index (χ3v) is 6.69. The molecule has 26 heavy (non-hydrogen) atoms. The summed E-state index contributed by atoms with van der Waals surface area (Å²) in [7, 11) is -0.357. The topological polar surface area (TPSA) is 87.7 Å². The Balaban J connectivity index is 0.00000243. The number of nitrogens with one attached hydrogen (secondary N) is 2. The van der Waals surface area contributed by atoms with Gasteiger partial charge in [0.1, 0.15) is 10.6 Å². The third kappa shape index (κ3) is 4.49. The molecule has 2 N–H and O–H groups in total. The molecule has 1 heterocycles. The maximum atomic E-state index is 13.0. The van der Waals surface area contributed by atoms with E-state index in [-0.39, 0.29) is 40.9 Å². The quantitative estimate of drug-likeness (QED) is 0.756. The SMILES string of the molecule is CNC1CCCN(S(=O)(=O)c2ccc(NC(=O)C3CC3)cc2OC)C1.Cl. The van der Waals surface area contributed by atoms with Crippen LogP contribution in [0.4, 0.5) is 5.69 Å². The predicted octanol–water partition coefficient (Wildman–Crippen LogP) is 1.84. The van der Waals surface area contributed by atoms with Crippen LogP contribution in [0.5, 0.6) is 5.75 Å². The van der Waals surface area contributed by atoms with Gasteiger partial charge in [0.2, 0.25) is 15.9 Å². The van der Waals surface area contributed by atoms with Crippen LogP contribution in [0.25, 0.3) is 0 Å². The average molecular weight is 404 g/mol. The molecule has 1 aromatic carbocycles. The van der Waals surface area contributed by atoms with E-state index >= 15 is 0 Å². The smallest absolute Gasteiger partial charge is 0.246 e. The molecular formula is C17H26ClN3O4S. The lowest BCUT2D eigenvalue weighted by atomic mass is 10.1. The van der Waals surface area contributed by atoms with Crippen molar-refractivity contribution in [3.8, 4) is 5.75 Å². The highest BCUT2D eigenvalue weighted by molar-refractivity contribution is 7.89. The van der Waals surface area contributed by atoms with Gasteiger partial charge in [-0.1, -0.05) is 0 Å². The Hall–Kier alpha value is -1.35. The molecule has 2 aliphatic rings. The molecule has 0 spiro atoms. The van der Waals surface area contributed by atoms with Crippen LogP contribution in [0.15, 0.2) is 23.1 Å². The van der Waals surface area contributed by atoms with Gasteiger partial charge in [0, 0.05) is 36.8 Å². The second-order valence-electron chi connectivity index (χ2n) is 6.62. The molecule has 0 aromatic heterocycles. The number of hydrogen-bond donors (Lipinski definition) is 2. The molecule has 9 heteroatoms. The second kappa shape index (κ2) is 8.56. The van der Waals surface area contributed by atoms with Gasteiger partial charge in [-0.05, 0) is 44.9 Å². The largest absolute Gasteiger partial charge is 0.495 e. The van der Waals surface area contributed by atoms with E-state index in [1.165, 1.54) is 17.5 Å². The van der Waals surface area contributed by atoms with E-state index in [0.29, 0.717) is 18.8 Å². The molecule has 1 aromatic rings. The maximum Gasteiger partial charge on any atom is 0.246 e. The number of amides is 1. The van der Waals surface area contributed by atoms with Crippen LogP contribution in [0.2, 0.25) is 0 Å². The number of carbonyl (C=O) groups is 1. The first-order valence-corrected chi connectivity index (χ1v) is 10.1. The van der Waals surface area contributed by atoms with E-state index in [4.69, 9.17) is 4.74 Å². The van der Waals surface area contributed by atoms with Crippen molar-refractivity contribution >= 4 is 34.0 Å². The van der Waals surface area contributed by atoms with Crippen LogP contribution < -0.4 is 15.4 Å². The van der Waals surface area contributed by atoms with Crippen molar-refractivity contribution < 1.29 is 17.9 Å². The lowest BCUT2D eigenvalue weighted by Crippen LogP contribution is -2.46. The number of methoxy groups -OCH3 is 1. The van der Waals surface area contributed by atoms with Crippen LogP contribution in [0.1, 0.15) is 25.7 Å². The van der Waals surface area contributed by atoms with E-state index in [1.807, 2.05) is 7.05 Å². The minimum atomic E-state index is -3.64. The lowest BCUT2D eigenvalue weighted by Gasteiger charge is -2.32. The van der Waals surface area contributed by atoms with Crippen LogP contribution >= 0.6 is 12.4 Å². The fraction of sp³-hybridized carbons (Fsp3) is 0.588. The van der Waals surface area contributed by atoms with Crippen LogP contribution in [0.3, 0.4) is 0 Å². The highest BCUT2D eigenvalue weighted by atomic mass is 35.5. The number of halogens is 1. The predicted molar refractivity (Wildman–Crippen MR) is 102 cm³/mol. The highest BCUT2D eigenvalue weighted by Crippen LogP contribution is 2.33. The number of nitrogens with zero attached hydrogens (tertiary/aromatic N) is 1. The number of carbonyl (C=O) groups excluding carboxylic acids is 1. The molecule has 146 valence electrons. The fourth-order valence-corrected chi connectivity index (χ4v) is 4.74. The second-order valence-corrected chi connectivity index (χ2v) is 8.53. The first kappa shape index (κ1) is 21.0. The number of sulfonamides is 1. The van der Waals surface area contributed by atoms with E-state index in [0.717, 1.165) is 25.7 Å². The van der Waals surface area contributed by atoms with Gasteiger partial charge < -0.3 is 15.4 Å². The Morgan fingerprint density at radius 3 is 2.62 bits per heavy atom. The van der Waals surface area contributed by atoms with Gasteiger partial charge in [-0.2, -0.15) is 4.31 Å². The molecule has 1 unspecified atom stereocenters. The Morgan fingerprint density at radius 1 is 1.27 bits per heavy atom. The summed E-state index contributed by atoms with van der Waals surface area (Å²) in [6, 6.07) is 4.87. The van der Waals surface area contributed by atoms with E-state index < -0.39 is 10.0 Å². The average Bonchev–Trinajstić information content (AvgIpc) is 3.46. The number of piperidine rings is 1. The molecular weight excluding hydrogens is 378 g/mol. The summed E-state index contributed by atoms with van der Waals surface area (Å²) in [4.78, 5) is 12.0. The van der Waals surface area contributed by atoms with Crippen molar-refractivity contribution in [3.05, 3.63) is 18.2 Å². The summed E-state index contributed by atoms with van der Waals surface area (Å²) in [6.45, 7) is 0.950. The van der Waals surface area contributed by atoms with Gasteiger partial charge in [-0.15, -0.1) is 12.4 Å². The van der Waals surface area contributed by atoms with Crippen molar-refractivity contribution in [2.75, 3.05) is 32.6 Å². The van der Waals surface area contributed by atoms with E-state index in [1.54, 1.807) is 12.1 Å². The van der Waals surface area contributed by atoms with E-state index in [9.17, 15) is 13.2 Å². The molecule has 1 aliphatic carbocycles. The van der Waals surface area contributed by atoms with Gasteiger partial charge in [0.05, 0.1) is 7.11 Å². The number of anilines is 1. The van der Waals surface area contributed by atoms with Gasteiger partial charge >= 0.3 is 0 Å². The summed E-state index contributed by atoms with van der Waals surface area (Å²) >= 11 is 0. The zero-order valence-electron chi connectivity index (χ0n) is 15.0. The molecule has 1 saturated carbocycles. The molecule has 7 nitrogen and oxygen atoms in total. The molecule has 1 atom stereocenters. The van der Waals surface area contributed by atoms with Crippen molar-refractivity contribution in [1.82, 2.24) is 9.62 Å². The Kier molecular flexibility index (Phi) is 6.90. The fourth-order valence-electron chi connectivity index (χ4n) is 3.08. The molecule has 2 fully saturated rings. The summed E-state index contributed by atoms with van der Waals surface area (Å²) < 4.78 is 32.8. The lowest BCUT2D eigenvalue weighted by molar-refractivity contribution is -0.117. The van der Waals surface area contributed by atoms with E-state index in [2.05, 4.69) is 10.6 Å². The number of rotatable bonds is 6. The molecule has 0 bridgehead atoms.